The molecule has 98 valence electrons. The highest BCUT2D eigenvalue weighted by molar-refractivity contribution is 5.94. The fourth-order valence-corrected chi connectivity index (χ4v) is 1.47. The summed E-state index contributed by atoms with van der Waals surface area (Å²) in [7, 11) is 1.37. The summed E-state index contributed by atoms with van der Waals surface area (Å²) in [5.41, 5.74) is 0.373. The Morgan fingerprint density at radius 1 is 1.44 bits per heavy atom. The number of carbonyl (C=O) groups excluding carboxylic acids is 2. The number of urea groups is 1. The first-order valence-corrected chi connectivity index (χ1v) is 5.06. The molecule has 0 unspecified atom stereocenters. The van der Waals surface area contributed by atoms with Crippen molar-refractivity contribution in [2.24, 2.45) is 0 Å². The highest BCUT2D eigenvalue weighted by Crippen LogP contribution is 2.21. The van der Waals surface area contributed by atoms with Crippen LogP contribution in [-0.4, -0.2) is 33.7 Å². The quantitative estimate of drug-likeness (QED) is 0.575. The van der Waals surface area contributed by atoms with Crippen molar-refractivity contribution in [1.82, 2.24) is 20.4 Å². The van der Waals surface area contributed by atoms with Gasteiger partial charge in [0.1, 0.15) is 17.9 Å². The van der Waals surface area contributed by atoms with Gasteiger partial charge in [-0.1, -0.05) is 0 Å². The molecular formula is C9H13N5O4. The highest BCUT2D eigenvalue weighted by Gasteiger charge is 2.22. The number of aromatic nitrogens is 2. The average Bonchev–Trinajstić information content (AvgIpc) is 2.53. The van der Waals surface area contributed by atoms with Crippen LogP contribution in [0, 0.1) is 24.0 Å². The lowest BCUT2D eigenvalue weighted by atomic mass is 10.3. The predicted molar refractivity (Wildman–Crippen MR) is 61.0 cm³/mol. The molecule has 1 aromatic rings. The van der Waals surface area contributed by atoms with Gasteiger partial charge in [0.15, 0.2) is 0 Å². The Morgan fingerprint density at radius 2 is 2.06 bits per heavy atom. The average molecular weight is 255 g/mol. The Kier molecular flexibility index (Phi) is 3.97. The monoisotopic (exact) mass is 255 g/mol. The van der Waals surface area contributed by atoms with Gasteiger partial charge in [-0.05, 0) is 13.8 Å². The van der Waals surface area contributed by atoms with Crippen molar-refractivity contribution in [2.75, 3.05) is 7.05 Å². The summed E-state index contributed by atoms with van der Waals surface area (Å²) >= 11 is 0. The third-order valence-corrected chi connectivity index (χ3v) is 2.30. The van der Waals surface area contributed by atoms with Crippen molar-refractivity contribution in [3.05, 3.63) is 21.5 Å². The Morgan fingerprint density at radius 3 is 2.50 bits per heavy atom. The summed E-state index contributed by atoms with van der Waals surface area (Å²) in [5.74, 6) is -0.602. The molecule has 9 heteroatoms. The molecule has 0 radical (unpaired) electrons. The number of amides is 3. The number of rotatable bonds is 3. The van der Waals surface area contributed by atoms with Gasteiger partial charge >= 0.3 is 11.7 Å². The summed E-state index contributed by atoms with van der Waals surface area (Å²) in [4.78, 5) is 32.5. The second-order valence-electron chi connectivity index (χ2n) is 3.56. The standard InChI is InChI=1S/C9H13N5O4/c1-5-8(14(17)18)6(2)13(12-5)4-7(15)11-9(16)10-3/h4H2,1-3H3,(H2,10,11,15,16). The number of imide groups is 1. The molecule has 0 aliphatic rings. The SMILES string of the molecule is CNC(=O)NC(=O)Cn1nc(C)c([N+](=O)[O-])c1C. The summed E-state index contributed by atoms with van der Waals surface area (Å²) in [6, 6.07) is -0.643. The van der Waals surface area contributed by atoms with E-state index in [0.717, 1.165) is 0 Å². The zero-order valence-corrected chi connectivity index (χ0v) is 10.2. The van der Waals surface area contributed by atoms with Gasteiger partial charge in [0.05, 0.1) is 4.92 Å². The van der Waals surface area contributed by atoms with Crippen LogP contribution < -0.4 is 10.6 Å². The van der Waals surface area contributed by atoms with Crippen LogP contribution in [-0.2, 0) is 11.3 Å². The zero-order valence-electron chi connectivity index (χ0n) is 10.2. The Balaban J connectivity index is 2.86. The second-order valence-corrected chi connectivity index (χ2v) is 3.56. The van der Waals surface area contributed by atoms with Crippen LogP contribution in [0.2, 0.25) is 0 Å². The fourth-order valence-electron chi connectivity index (χ4n) is 1.47. The normalized spacial score (nSPS) is 9.94. The lowest BCUT2D eigenvalue weighted by Gasteiger charge is -2.04. The number of hydrogen-bond acceptors (Lipinski definition) is 5. The Bertz CT molecular complexity index is 507. The number of nitro groups is 1. The summed E-state index contributed by atoms with van der Waals surface area (Å²) in [6.07, 6.45) is 0. The van der Waals surface area contributed by atoms with Crippen molar-refractivity contribution in [3.63, 3.8) is 0 Å². The van der Waals surface area contributed by atoms with Gasteiger partial charge in [-0.3, -0.25) is 24.9 Å². The molecule has 0 aromatic carbocycles. The summed E-state index contributed by atoms with van der Waals surface area (Å²) in [6.45, 7) is 2.72. The first kappa shape index (κ1) is 13.6. The van der Waals surface area contributed by atoms with E-state index in [2.05, 4.69) is 10.4 Å². The van der Waals surface area contributed by atoms with Crippen molar-refractivity contribution in [2.45, 2.75) is 20.4 Å². The minimum atomic E-state index is -0.643. The van der Waals surface area contributed by atoms with E-state index in [-0.39, 0.29) is 23.6 Å². The first-order valence-electron chi connectivity index (χ1n) is 5.06. The van der Waals surface area contributed by atoms with Crippen LogP contribution in [0.5, 0.6) is 0 Å². The molecule has 0 atom stereocenters. The fraction of sp³-hybridized carbons (Fsp3) is 0.444. The van der Waals surface area contributed by atoms with Crippen LogP contribution in [0.25, 0.3) is 0 Å². The predicted octanol–water partition coefficient (Wildman–Crippen LogP) is -0.136. The maximum Gasteiger partial charge on any atom is 0.321 e. The van der Waals surface area contributed by atoms with E-state index in [1.807, 2.05) is 5.32 Å². The van der Waals surface area contributed by atoms with E-state index in [1.165, 1.54) is 25.6 Å². The van der Waals surface area contributed by atoms with Crippen LogP contribution in [0.1, 0.15) is 11.4 Å². The molecule has 0 aliphatic carbocycles. The van der Waals surface area contributed by atoms with Gasteiger partial charge in [0, 0.05) is 7.05 Å². The summed E-state index contributed by atoms with van der Waals surface area (Å²) < 4.78 is 1.19. The molecule has 0 spiro atoms. The third kappa shape index (κ3) is 2.81. The molecular weight excluding hydrogens is 242 g/mol. The summed E-state index contributed by atoms with van der Waals surface area (Å²) in [5, 5.41) is 18.9. The number of nitrogens with one attached hydrogen (secondary N) is 2. The van der Waals surface area contributed by atoms with Gasteiger partial charge < -0.3 is 5.32 Å². The Hall–Kier alpha value is -2.45. The van der Waals surface area contributed by atoms with Gasteiger partial charge in [0.2, 0.25) is 5.91 Å². The van der Waals surface area contributed by atoms with Crippen molar-refractivity contribution in [1.29, 1.82) is 0 Å². The van der Waals surface area contributed by atoms with Crippen LogP contribution in [0.15, 0.2) is 0 Å². The largest absolute Gasteiger partial charge is 0.341 e. The molecule has 0 aliphatic heterocycles. The van der Waals surface area contributed by atoms with E-state index < -0.39 is 16.9 Å². The van der Waals surface area contributed by atoms with E-state index in [1.54, 1.807) is 0 Å². The van der Waals surface area contributed by atoms with Gasteiger partial charge in [-0.25, -0.2) is 4.79 Å². The minimum Gasteiger partial charge on any atom is -0.341 e. The zero-order chi connectivity index (χ0) is 13.9. The molecule has 1 rings (SSSR count). The molecule has 18 heavy (non-hydrogen) atoms. The molecule has 0 bridgehead atoms. The highest BCUT2D eigenvalue weighted by atomic mass is 16.6. The number of nitrogens with zero attached hydrogens (tertiary/aromatic N) is 3. The molecule has 2 N–H and O–H groups in total. The van der Waals surface area contributed by atoms with Gasteiger partial charge in [-0.15, -0.1) is 0 Å². The minimum absolute atomic E-state index is 0.122. The molecule has 9 nitrogen and oxygen atoms in total. The molecule has 3 amide bonds. The maximum atomic E-state index is 11.4. The Labute approximate surface area is 102 Å². The molecule has 1 heterocycles. The number of aryl methyl sites for hydroxylation is 1. The third-order valence-electron chi connectivity index (χ3n) is 2.30. The van der Waals surface area contributed by atoms with E-state index in [9.17, 15) is 19.7 Å². The number of carbonyl (C=O) groups is 2. The van der Waals surface area contributed by atoms with Crippen LogP contribution in [0.3, 0.4) is 0 Å². The molecule has 1 aromatic heterocycles. The van der Waals surface area contributed by atoms with E-state index in [0.29, 0.717) is 0 Å². The van der Waals surface area contributed by atoms with E-state index >= 15 is 0 Å². The van der Waals surface area contributed by atoms with Gasteiger partial charge in [0.25, 0.3) is 0 Å². The lowest BCUT2D eigenvalue weighted by molar-refractivity contribution is -0.386. The molecule has 0 saturated carbocycles. The topological polar surface area (TPSA) is 119 Å². The molecule has 0 fully saturated rings. The first-order chi connectivity index (χ1) is 8.36. The van der Waals surface area contributed by atoms with Crippen molar-refractivity contribution >= 4 is 17.6 Å². The number of hydrogen-bond donors (Lipinski definition) is 2. The second kappa shape index (κ2) is 5.25. The molecule has 0 saturated heterocycles. The van der Waals surface area contributed by atoms with Crippen LogP contribution >= 0.6 is 0 Å². The maximum absolute atomic E-state index is 11.4. The van der Waals surface area contributed by atoms with E-state index in [4.69, 9.17) is 0 Å². The van der Waals surface area contributed by atoms with Crippen molar-refractivity contribution in [3.8, 4) is 0 Å². The van der Waals surface area contributed by atoms with Crippen LogP contribution in [0.4, 0.5) is 10.5 Å². The smallest absolute Gasteiger partial charge is 0.321 e. The van der Waals surface area contributed by atoms with Gasteiger partial charge in [-0.2, -0.15) is 5.10 Å². The van der Waals surface area contributed by atoms with Crippen molar-refractivity contribution < 1.29 is 14.5 Å². The lowest BCUT2D eigenvalue weighted by Crippen LogP contribution is -2.39.